The average molecular weight is 301 g/mol. The van der Waals surface area contributed by atoms with Gasteiger partial charge in [-0.05, 0) is 25.0 Å². The van der Waals surface area contributed by atoms with Crippen molar-refractivity contribution in [1.29, 1.82) is 0 Å². The molecule has 1 fully saturated rings. The van der Waals surface area contributed by atoms with Gasteiger partial charge >= 0.3 is 0 Å². The van der Waals surface area contributed by atoms with E-state index in [0.717, 1.165) is 36.4 Å². The second kappa shape index (κ2) is 6.36. The van der Waals surface area contributed by atoms with E-state index in [1.165, 1.54) is 0 Å². The molecular weight excluding hydrogens is 278 g/mol. The van der Waals surface area contributed by atoms with Crippen molar-refractivity contribution < 1.29 is 4.79 Å². The van der Waals surface area contributed by atoms with E-state index in [9.17, 15) is 4.79 Å². The summed E-state index contributed by atoms with van der Waals surface area (Å²) in [6.45, 7) is 2.68. The quantitative estimate of drug-likeness (QED) is 0.878. The van der Waals surface area contributed by atoms with E-state index in [4.69, 9.17) is 10.7 Å². The molecule has 0 bridgehead atoms. The third-order valence-electron chi connectivity index (χ3n) is 4.28. The number of amides is 1. The molecular formula is C16H23N5O. The van der Waals surface area contributed by atoms with E-state index in [1.807, 2.05) is 25.2 Å². The second-order valence-electron chi connectivity index (χ2n) is 5.82. The van der Waals surface area contributed by atoms with Gasteiger partial charge in [-0.1, -0.05) is 12.1 Å². The van der Waals surface area contributed by atoms with Gasteiger partial charge in [0.15, 0.2) is 0 Å². The Labute approximate surface area is 130 Å². The number of fused-ring (bicyclic) bond motifs is 1. The van der Waals surface area contributed by atoms with Gasteiger partial charge in [-0.3, -0.25) is 4.79 Å². The Morgan fingerprint density at radius 2 is 2.27 bits per heavy atom. The lowest BCUT2D eigenvalue weighted by Crippen LogP contribution is -2.44. The van der Waals surface area contributed by atoms with Crippen LogP contribution in [0.25, 0.3) is 11.0 Å². The van der Waals surface area contributed by atoms with Gasteiger partial charge in [-0.2, -0.15) is 0 Å². The molecule has 3 N–H and O–H groups in total. The van der Waals surface area contributed by atoms with Gasteiger partial charge in [0.05, 0.1) is 17.0 Å². The molecule has 22 heavy (non-hydrogen) atoms. The zero-order valence-corrected chi connectivity index (χ0v) is 13.0. The Balaban J connectivity index is 1.78. The summed E-state index contributed by atoms with van der Waals surface area (Å²) in [5.41, 5.74) is 7.56. The molecule has 0 spiro atoms. The molecule has 1 saturated heterocycles. The molecule has 2 aromatic rings. The first kappa shape index (κ1) is 14.8. The van der Waals surface area contributed by atoms with E-state index in [0.29, 0.717) is 19.6 Å². The summed E-state index contributed by atoms with van der Waals surface area (Å²) in [6, 6.07) is 8.11. The molecule has 6 nitrogen and oxygen atoms in total. The van der Waals surface area contributed by atoms with E-state index in [-0.39, 0.29) is 11.8 Å². The third-order valence-corrected chi connectivity index (χ3v) is 4.28. The normalized spacial score (nSPS) is 18.6. The highest BCUT2D eigenvalue weighted by atomic mass is 16.1. The number of hydrogen-bond acceptors (Lipinski definition) is 4. The molecule has 1 amide bonds. The Bertz CT molecular complexity index is 666. The molecule has 6 heteroatoms. The fraction of sp³-hybridized carbons (Fsp3) is 0.500. The van der Waals surface area contributed by atoms with Crippen LogP contribution >= 0.6 is 0 Å². The topological polar surface area (TPSA) is 76.2 Å². The van der Waals surface area contributed by atoms with Crippen LogP contribution in [-0.4, -0.2) is 41.6 Å². The molecule has 0 saturated carbocycles. The van der Waals surface area contributed by atoms with Gasteiger partial charge < -0.3 is 20.5 Å². The molecule has 118 valence electrons. The highest BCUT2D eigenvalue weighted by Gasteiger charge is 2.27. The number of para-hydroxylation sites is 2. The minimum atomic E-state index is 0.0140. The highest BCUT2D eigenvalue weighted by Crippen LogP contribution is 2.25. The van der Waals surface area contributed by atoms with Gasteiger partial charge in [0.25, 0.3) is 0 Å². The van der Waals surface area contributed by atoms with Crippen LogP contribution in [0.2, 0.25) is 0 Å². The molecule has 1 aromatic heterocycles. The average Bonchev–Trinajstić information content (AvgIpc) is 2.90. The molecule has 1 aliphatic heterocycles. The molecule has 1 aromatic carbocycles. The Morgan fingerprint density at radius 3 is 3.05 bits per heavy atom. The number of carbonyl (C=O) groups is 1. The number of aromatic nitrogens is 2. The molecule has 0 radical (unpaired) electrons. The summed E-state index contributed by atoms with van der Waals surface area (Å²) in [6.07, 6.45) is 1.93. The minimum Gasteiger partial charge on any atom is -0.355 e. The number of hydrogen-bond donors (Lipinski definition) is 2. The smallest absolute Gasteiger partial charge is 0.224 e. The second-order valence-corrected chi connectivity index (χ2v) is 5.82. The highest BCUT2D eigenvalue weighted by molar-refractivity contribution is 5.81. The Morgan fingerprint density at radius 1 is 1.45 bits per heavy atom. The summed E-state index contributed by atoms with van der Waals surface area (Å²) in [5.74, 6) is 1.06. The van der Waals surface area contributed by atoms with Gasteiger partial charge in [-0.15, -0.1) is 0 Å². The predicted molar refractivity (Wildman–Crippen MR) is 87.7 cm³/mol. The van der Waals surface area contributed by atoms with Crippen LogP contribution in [0.15, 0.2) is 24.3 Å². The number of nitrogens with one attached hydrogen (secondary N) is 1. The maximum atomic E-state index is 12.2. The van der Waals surface area contributed by atoms with Crippen molar-refractivity contribution in [2.75, 3.05) is 31.1 Å². The lowest BCUT2D eigenvalue weighted by molar-refractivity contribution is -0.125. The zero-order chi connectivity index (χ0) is 15.5. The lowest BCUT2D eigenvalue weighted by Gasteiger charge is -2.32. The van der Waals surface area contributed by atoms with Crippen LogP contribution < -0.4 is 16.0 Å². The van der Waals surface area contributed by atoms with Crippen LogP contribution in [0.5, 0.6) is 0 Å². The van der Waals surface area contributed by atoms with Crippen LogP contribution in [0.1, 0.15) is 12.8 Å². The van der Waals surface area contributed by atoms with Crippen molar-refractivity contribution in [3.63, 3.8) is 0 Å². The number of imidazole rings is 1. The van der Waals surface area contributed by atoms with Gasteiger partial charge in [0, 0.05) is 33.2 Å². The summed E-state index contributed by atoms with van der Waals surface area (Å²) in [5, 5.41) is 2.90. The van der Waals surface area contributed by atoms with Crippen LogP contribution in [-0.2, 0) is 11.8 Å². The number of nitrogens with two attached hydrogens (primary N) is 1. The van der Waals surface area contributed by atoms with Crippen molar-refractivity contribution >= 4 is 22.9 Å². The van der Waals surface area contributed by atoms with Crippen molar-refractivity contribution in [3.8, 4) is 0 Å². The number of carbonyl (C=O) groups excluding carboxylic acids is 1. The van der Waals surface area contributed by atoms with Crippen molar-refractivity contribution in [1.82, 2.24) is 14.9 Å². The number of nitrogens with zero attached hydrogens (tertiary/aromatic N) is 3. The molecule has 1 aliphatic rings. The number of rotatable bonds is 4. The largest absolute Gasteiger partial charge is 0.355 e. The van der Waals surface area contributed by atoms with Gasteiger partial charge in [0.2, 0.25) is 11.9 Å². The molecule has 2 heterocycles. The number of anilines is 1. The van der Waals surface area contributed by atoms with Crippen molar-refractivity contribution in [2.45, 2.75) is 12.8 Å². The molecule has 1 unspecified atom stereocenters. The first-order valence-corrected chi connectivity index (χ1v) is 7.85. The van der Waals surface area contributed by atoms with E-state index < -0.39 is 0 Å². The maximum Gasteiger partial charge on any atom is 0.224 e. The minimum absolute atomic E-state index is 0.0140. The van der Waals surface area contributed by atoms with Crippen LogP contribution in [0, 0.1) is 5.92 Å². The first-order valence-electron chi connectivity index (χ1n) is 7.85. The van der Waals surface area contributed by atoms with E-state index in [2.05, 4.69) is 20.9 Å². The number of aryl methyl sites for hydroxylation is 1. The standard InChI is InChI=1S/C16H23N5O/c1-20-14-7-3-2-6-13(14)19-16(20)21-10-4-5-12(11-21)15(22)18-9-8-17/h2-3,6-7,12H,4-5,8-11,17H2,1H3,(H,18,22). The summed E-state index contributed by atoms with van der Waals surface area (Å²) < 4.78 is 2.11. The monoisotopic (exact) mass is 301 g/mol. The first-order chi connectivity index (χ1) is 10.7. The molecule has 0 aliphatic carbocycles. The van der Waals surface area contributed by atoms with E-state index >= 15 is 0 Å². The molecule has 3 rings (SSSR count). The fourth-order valence-corrected chi connectivity index (χ4v) is 3.13. The Kier molecular flexibility index (Phi) is 4.29. The predicted octanol–water partition coefficient (Wildman–Crippen LogP) is 0.865. The number of benzene rings is 1. The van der Waals surface area contributed by atoms with Crippen LogP contribution in [0.3, 0.4) is 0 Å². The third kappa shape index (κ3) is 2.78. The van der Waals surface area contributed by atoms with Crippen LogP contribution in [0.4, 0.5) is 5.95 Å². The Hall–Kier alpha value is -2.08. The summed E-state index contributed by atoms with van der Waals surface area (Å²) in [4.78, 5) is 19.1. The van der Waals surface area contributed by atoms with Crippen molar-refractivity contribution in [2.24, 2.45) is 18.7 Å². The fourth-order valence-electron chi connectivity index (χ4n) is 3.13. The van der Waals surface area contributed by atoms with Gasteiger partial charge in [0.1, 0.15) is 0 Å². The molecule has 1 atom stereocenters. The number of piperidine rings is 1. The maximum absolute atomic E-state index is 12.2. The van der Waals surface area contributed by atoms with Gasteiger partial charge in [-0.25, -0.2) is 4.98 Å². The van der Waals surface area contributed by atoms with E-state index in [1.54, 1.807) is 0 Å². The van der Waals surface area contributed by atoms with Crippen molar-refractivity contribution in [3.05, 3.63) is 24.3 Å². The zero-order valence-electron chi connectivity index (χ0n) is 13.0. The summed E-state index contributed by atoms with van der Waals surface area (Å²) >= 11 is 0. The SMILES string of the molecule is Cn1c(N2CCCC(C(=O)NCCN)C2)nc2ccccc21. The lowest BCUT2D eigenvalue weighted by atomic mass is 9.97. The summed E-state index contributed by atoms with van der Waals surface area (Å²) in [7, 11) is 2.03.